The van der Waals surface area contributed by atoms with Gasteiger partial charge in [0.1, 0.15) is 0 Å². The molecular formula is C9H10INO. The monoisotopic (exact) mass is 275 g/mol. The summed E-state index contributed by atoms with van der Waals surface area (Å²) in [6.07, 6.45) is 0.880. The quantitative estimate of drug-likeness (QED) is 0.609. The number of anilines is 1. The largest absolute Gasteiger partial charge is 0.377 e. The van der Waals surface area contributed by atoms with Gasteiger partial charge >= 0.3 is 0 Å². The van der Waals surface area contributed by atoms with Gasteiger partial charge < -0.3 is 4.90 Å². The van der Waals surface area contributed by atoms with Crippen molar-refractivity contribution in [1.29, 1.82) is 0 Å². The Hall–Kier alpha value is -0.580. The van der Waals surface area contributed by atoms with E-state index in [0.29, 0.717) is 0 Å². The summed E-state index contributed by atoms with van der Waals surface area (Å²) in [5.74, 6) is 0. The molecule has 3 heteroatoms. The molecule has 0 saturated carbocycles. The van der Waals surface area contributed by atoms with Crippen LogP contribution in [0.1, 0.15) is 10.4 Å². The van der Waals surface area contributed by atoms with Gasteiger partial charge in [0, 0.05) is 28.9 Å². The third-order valence-electron chi connectivity index (χ3n) is 1.60. The second-order valence-corrected chi connectivity index (χ2v) is 3.96. The number of carbonyl (C=O) groups is 1. The van der Waals surface area contributed by atoms with Crippen LogP contribution in [0.5, 0.6) is 0 Å². The van der Waals surface area contributed by atoms with Crippen molar-refractivity contribution in [3.05, 3.63) is 27.3 Å². The minimum absolute atomic E-state index is 0.736. The lowest BCUT2D eigenvalue weighted by Gasteiger charge is -2.14. The minimum atomic E-state index is 0.736. The van der Waals surface area contributed by atoms with Crippen LogP contribution in [0.25, 0.3) is 0 Å². The van der Waals surface area contributed by atoms with Crippen LogP contribution in [0.4, 0.5) is 5.69 Å². The van der Waals surface area contributed by atoms with Crippen LogP contribution >= 0.6 is 22.6 Å². The molecule has 0 bridgehead atoms. The van der Waals surface area contributed by atoms with Crippen molar-refractivity contribution in [3.8, 4) is 0 Å². The first-order chi connectivity index (χ1) is 5.65. The highest BCUT2D eigenvalue weighted by Crippen LogP contribution is 2.19. The molecule has 0 aromatic heterocycles. The standard InChI is InChI=1S/C9H10INO/c1-11(2)9-5-8(10)4-3-7(9)6-12/h3-6H,1-2H3. The zero-order valence-corrected chi connectivity index (χ0v) is 9.20. The maximum absolute atomic E-state index is 10.6. The second kappa shape index (κ2) is 3.89. The molecule has 0 aliphatic carbocycles. The molecule has 0 saturated heterocycles. The molecule has 64 valence electrons. The number of carbonyl (C=O) groups excluding carboxylic acids is 1. The van der Waals surface area contributed by atoms with Crippen molar-refractivity contribution >= 4 is 34.6 Å². The molecule has 2 nitrogen and oxygen atoms in total. The van der Waals surface area contributed by atoms with E-state index in [1.807, 2.05) is 37.2 Å². The molecule has 1 rings (SSSR count). The van der Waals surface area contributed by atoms with Gasteiger partial charge in [0.15, 0.2) is 6.29 Å². The Bertz CT molecular complexity index is 297. The SMILES string of the molecule is CN(C)c1cc(I)ccc1C=O. The van der Waals surface area contributed by atoms with Gasteiger partial charge in [-0.05, 0) is 40.8 Å². The predicted molar refractivity (Wildman–Crippen MR) is 58.9 cm³/mol. The van der Waals surface area contributed by atoms with E-state index < -0.39 is 0 Å². The zero-order chi connectivity index (χ0) is 9.14. The van der Waals surface area contributed by atoms with E-state index in [9.17, 15) is 4.79 Å². The summed E-state index contributed by atoms with van der Waals surface area (Å²) in [6.45, 7) is 0. The van der Waals surface area contributed by atoms with Crippen LogP contribution in [0.3, 0.4) is 0 Å². The van der Waals surface area contributed by atoms with Crippen molar-refractivity contribution in [1.82, 2.24) is 0 Å². The fourth-order valence-corrected chi connectivity index (χ4v) is 1.48. The Morgan fingerprint density at radius 3 is 2.58 bits per heavy atom. The van der Waals surface area contributed by atoms with Gasteiger partial charge in [0.25, 0.3) is 0 Å². The van der Waals surface area contributed by atoms with E-state index in [1.165, 1.54) is 0 Å². The highest BCUT2D eigenvalue weighted by molar-refractivity contribution is 14.1. The lowest BCUT2D eigenvalue weighted by Crippen LogP contribution is -2.11. The molecule has 0 amide bonds. The molecule has 0 atom stereocenters. The number of hydrogen-bond donors (Lipinski definition) is 0. The molecule has 0 radical (unpaired) electrons. The van der Waals surface area contributed by atoms with E-state index in [1.54, 1.807) is 0 Å². The Balaban J connectivity index is 3.21. The van der Waals surface area contributed by atoms with Gasteiger partial charge in [-0.3, -0.25) is 4.79 Å². The number of halogens is 1. The van der Waals surface area contributed by atoms with Gasteiger partial charge in [0.2, 0.25) is 0 Å². The maximum Gasteiger partial charge on any atom is 0.152 e. The fourth-order valence-electron chi connectivity index (χ4n) is 1.00. The summed E-state index contributed by atoms with van der Waals surface area (Å²) in [5.41, 5.74) is 1.71. The summed E-state index contributed by atoms with van der Waals surface area (Å²) in [5, 5.41) is 0. The predicted octanol–water partition coefficient (Wildman–Crippen LogP) is 2.17. The van der Waals surface area contributed by atoms with Gasteiger partial charge in [-0.1, -0.05) is 0 Å². The van der Waals surface area contributed by atoms with E-state index in [4.69, 9.17) is 0 Å². The average molecular weight is 275 g/mol. The van der Waals surface area contributed by atoms with Crippen LogP contribution in [0, 0.1) is 3.57 Å². The lowest BCUT2D eigenvalue weighted by molar-refractivity contribution is 0.112. The van der Waals surface area contributed by atoms with Crippen LogP contribution in [0.15, 0.2) is 18.2 Å². The molecule has 0 N–H and O–H groups in total. The van der Waals surface area contributed by atoms with Crippen molar-refractivity contribution in [2.24, 2.45) is 0 Å². The van der Waals surface area contributed by atoms with Crippen LogP contribution < -0.4 is 4.90 Å². The van der Waals surface area contributed by atoms with E-state index in [2.05, 4.69) is 22.6 Å². The van der Waals surface area contributed by atoms with Crippen molar-refractivity contribution < 1.29 is 4.79 Å². The Morgan fingerprint density at radius 1 is 1.42 bits per heavy atom. The van der Waals surface area contributed by atoms with Crippen molar-refractivity contribution in [3.63, 3.8) is 0 Å². The molecule has 0 unspecified atom stereocenters. The molecular weight excluding hydrogens is 265 g/mol. The summed E-state index contributed by atoms with van der Waals surface area (Å²) in [6, 6.07) is 5.76. The Kier molecular flexibility index (Phi) is 3.08. The number of rotatable bonds is 2. The van der Waals surface area contributed by atoms with Crippen LogP contribution in [0.2, 0.25) is 0 Å². The molecule has 1 aromatic carbocycles. The normalized spacial score (nSPS) is 9.58. The van der Waals surface area contributed by atoms with E-state index >= 15 is 0 Å². The summed E-state index contributed by atoms with van der Waals surface area (Å²) in [4.78, 5) is 12.6. The second-order valence-electron chi connectivity index (χ2n) is 2.72. The molecule has 0 spiro atoms. The summed E-state index contributed by atoms with van der Waals surface area (Å²) < 4.78 is 1.14. The van der Waals surface area contributed by atoms with Gasteiger partial charge in [-0.2, -0.15) is 0 Å². The van der Waals surface area contributed by atoms with Crippen molar-refractivity contribution in [2.75, 3.05) is 19.0 Å². The average Bonchev–Trinajstić information content (AvgIpc) is 2.04. The smallest absolute Gasteiger partial charge is 0.152 e. The fraction of sp³-hybridized carbons (Fsp3) is 0.222. The molecule has 0 aliphatic heterocycles. The van der Waals surface area contributed by atoms with E-state index in [0.717, 1.165) is 21.1 Å². The number of benzene rings is 1. The number of aldehydes is 1. The van der Waals surface area contributed by atoms with Crippen LogP contribution in [-0.2, 0) is 0 Å². The van der Waals surface area contributed by atoms with Gasteiger partial charge in [0.05, 0.1) is 0 Å². The summed E-state index contributed by atoms with van der Waals surface area (Å²) in [7, 11) is 3.86. The van der Waals surface area contributed by atoms with E-state index in [-0.39, 0.29) is 0 Å². The molecule has 0 fully saturated rings. The summed E-state index contributed by atoms with van der Waals surface area (Å²) >= 11 is 2.23. The van der Waals surface area contributed by atoms with Gasteiger partial charge in [-0.25, -0.2) is 0 Å². The first-order valence-electron chi connectivity index (χ1n) is 3.57. The number of nitrogens with zero attached hydrogens (tertiary/aromatic N) is 1. The van der Waals surface area contributed by atoms with Crippen LogP contribution in [-0.4, -0.2) is 20.4 Å². The third kappa shape index (κ3) is 1.97. The molecule has 1 aromatic rings. The van der Waals surface area contributed by atoms with Crippen molar-refractivity contribution in [2.45, 2.75) is 0 Å². The van der Waals surface area contributed by atoms with Gasteiger partial charge in [-0.15, -0.1) is 0 Å². The zero-order valence-electron chi connectivity index (χ0n) is 7.04. The first-order valence-corrected chi connectivity index (χ1v) is 4.65. The highest BCUT2D eigenvalue weighted by Gasteiger charge is 2.02. The maximum atomic E-state index is 10.6. The molecule has 0 heterocycles. The molecule has 0 aliphatic rings. The Morgan fingerprint density at radius 2 is 2.08 bits per heavy atom. The minimum Gasteiger partial charge on any atom is -0.377 e. The number of hydrogen-bond acceptors (Lipinski definition) is 2. The first kappa shape index (κ1) is 9.51. The third-order valence-corrected chi connectivity index (χ3v) is 2.27. The lowest BCUT2D eigenvalue weighted by atomic mass is 10.2. The highest BCUT2D eigenvalue weighted by atomic mass is 127. The molecule has 12 heavy (non-hydrogen) atoms. The Labute approximate surface area is 85.7 Å². The topological polar surface area (TPSA) is 20.3 Å².